The van der Waals surface area contributed by atoms with Gasteiger partial charge in [-0.05, 0) is 37.1 Å². The first kappa shape index (κ1) is 15.0. The first-order valence-corrected chi connectivity index (χ1v) is 8.00. The number of benzene rings is 1. The van der Waals surface area contributed by atoms with E-state index in [0.717, 1.165) is 6.42 Å². The van der Waals surface area contributed by atoms with E-state index in [2.05, 4.69) is 0 Å². The van der Waals surface area contributed by atoms with Gasteiger partial charge in [-0.25, -0.2) is 8.42 Å². The predicted molar refractivity (Wildman–Crippen MR) is 74.5 cm³/mol. The number of rotatable bonds is 4. The molecule has 108 valence electrons. The van der Waals surface area contributed by atoms with E-state index < -0.39 is 15.6 Å². The van der Waals surface area contributed by atoms with E-state index >= 15 is 0 Å². The fourth-order valence-corrected chi connectivity index (χ4v) is 4.16. The molecule has 1 saturated heterocycles. The van der Waals surface area contributed by atoms with E-state index in [9.17, 15) is 13.5 Å². The van der Waals surface area contributed by atoms with Gasteiger partial charge in [0.15, 0.2) is 0 Å². The standard InChI is InChI=1S/C14H18N2O3S/c1-3-6-14(17)9-16(10-14)20(18,19)13-5-4-12(8-15)11(2)7-13/h4-5,7,17H,3,6,9-10H2,1-2H3. The van der Waals surface area contributed by atoms with Gasteiger partial charge < -0.3 is 5.11 Å². The molecule has 2 rings (SSSR count). The summed E-state index contributed by atoms with van der Waals surface area (Å²) >= 11 is 0. The van der Waals surface area contributed by atoms with E-state index in [-0.39, 0.29) is 18.0 Å². The first-order chi connectivity index (χ1) is 9.32. The Kier molecular flexibility index (Phi) is 3.87. The summed E-state index contributed by atoms with van der Waals surface area (Å²) in [6.07, 6.45) is 1.42. The van der Waals surface area contributed by atoms with Crippen LogP contribution in [0.3, 0.4) is 0 Å². The fraction of sp³-hybridized carbons (Fsp3) is 0.500. The minimum absolute atomic E-state index is 0.141. The largest absolute Gasteiger partial charge is 0.387 e. The quantitative estimate of drug-likeness (QED) is 0.910. The third-order valence-electron chi connectivity index (χ3n) is 3.61. The van der Waals surface area contributed by atoms with Gasteiger partial charge in [0.05, 0.1) is 22.1 Å². The third-order valence-corrected chi connectivity index (χ3v) is 5.40. The SMILES string of the molecule is CCCC1(O)CN(S(=O)(=O)c2ccc(C#N)c(C)c2)C1. The van der Waals surface area contributed by atoms with Crippen LogP contribution in [0.2, 0.25) is 0 Å². The van der Waals surface area contributed by atoms with E-state index in [0.29, 0.717) is 17.5 Å². The fourth-order valence-electron chi connectivity index (χ4n) is 2.47. The second kappa shape index (κ2) is 5.17. The highest BCUT2D eigenvalue weighted by molar-refractivity contribution is 7.89. The van der Waals surface area contributed by atoms with Crippen molar-refractivity contribution in [2.24, 2.45) is 0 Å². The van der Waals surface area contributed by atoms with Crippen LogP contribution in [-0.2, 0) is 10.0 Å². The molecule has 0 aromatic heterocycles. The summed E-state index contributed by atoms with van der Waals surface area (Å²) in [4.78, 5) is 0.174. The average Bonchev–Trinajstić information content (AvgIpc) is 2.36. The number of sulfonamides is 1. The zero-order valence-electron chi connectivity index (χ0n) is 11.6. The molecule has 6 heteroatoms. The topological polar surface area (TPSA) is 81.4 Å². The number of β-amino-alcohol motifs (C(OH)–C–C–N with tert-alkyl or cyclic N) is 1. The van der Waals surface area contributed by atoms with Gasteiger partial charge in [-0.3, -0.25) is 0 Å². The lowest BCUT2D eigenvalue weighted by molar-refractivity contribution is -0.0653. The molecule has 5 nitrogen and oxygen atoms in total. The van der Waals surface area contributed by atoms with Crippen LogP contribution in [0.15, 0.2) is 23.1 Å². The van der Waals surface area contributed by atoms with Crippen molar-refractivity contribution in [2.75, 3.05) is 13.1 Å². The van der Waals surface area contributed by atoms with E-state index in [1.165, 1.54) is 22.5 Å². The Morgan fingerprint density at radius 2 is 2.10 bits per heavy atom. The Labute approximate surface area is 119 Å². The lowest BCUT2D eigenvalue weighted by Crippen LogP contribution is -2.63. The van der Waals surface area contributed by atoms with Crippen LogP contribution in [0.25, 0.3) is 0 Å². The third kappa shape index (κ3) is 2.57. The monoisotopic (exact) mass is 294 g/mol. The lowest BCUT2D eigenvalue weighted by Gasteiger charge is -2.45. The van der Waals surface area contributed by atoms with Crippen molar-refractivity contribution in [1.82, 2.24) is 4.31 Å². The highest BCUT2D eigenvalue weighted by Crippen LogP contribution is 2.31. The van der Waals surface area contributed by atoms with Crippen LogP contribution < -0.4 is 0 Å². The molecular formula is C14H18N2O3S. The number of aliphatic hydroxyl groups is 1. The maximum absolute atomic E-state index is 12.4. The van der Waals surface area contributed by atoms with Crippen molar-refractivity contribution in [3.05, 3.63) is 29.3 Å². The van der Waals surface area contributed by atoms with Crippen LogP contribution >= 0.6 is 0 Å². The van der Waals surface area contributed by atoms with Gasteiger partial charge in [-0.1, -0.05) is 13.3 Å². The Morgan fingerprint density at radius 1 is 1.45 bits per heavy atom. The molecule has 1 fully saturated rings. The maximum atomic E-state index is 12.4. The van der Waals surface area contributed by atoms with Gasteiger partial charge in [0.25, 0.3) is 0 Å². The number of nitriles is 1. The van der Waals surface area contributed by atoms with Gasteiger partial charge >= 0.3 is 0 Å². The second-order valence-corrected chi connectivity index (χ2v) is 7.27. The van der Waals surface area contributed by atoms with Crippen LogP contribution in [0.1, 0.15) is 30.9 Å². The summed E-state index contributed by atoms with van der Waals surface area (Å²) in [6, 6.07) is 6.47. The predicted octanol–water partition coefficient (Wildman–Crippen LogP) is 1.40. The lowest BCUT2D eigenvalue weighted by atomic mass is 9.92. The molecule has 1 N–H and O–H groups in total. The average molecular weight is 294 g/mol. The van der Waals surface area contributed by atoms with E-state index in [1.54, 1.807) is 6.92 Å². The number of hydrogen-bond donors (Lipinski definition) is 1. The van der Waals surface area contributed by atoms with Gasteiger partial charge in [-0.2, -0.15) is 9.57 Å². The molecule has 1 aromatic carbocycles. The zero-order chi connectivity index (χ0) is 15.0. The number of hydrogen-bond acceptors (Lipinski definition) is 4. The maximum Gasteiger partial charge on any atom is 0.243 e. The minimum Gasteiger partial charge on any atom is -0.387 e. The molecule has 0 radical (unpaired) electrons. The summed E-state index contributed by atoms with van der Waals surface area (Å²) in [6.45, 7) is 3.95. The van der Waals surface area contributed by atoms with Crippen LogP contribution in [0.4, 0.5) is 0 Å². The van der Waals surface area contributed by atoms with Crippen LogP contribution in [0.5, 0.6) is 0 Å². The van der Waals surface area contributed by atoms with Gasteiger partial charge in [0.1, 0.15) is 0 Å². The Hall–Kier alpha value is -1.42. The first-order valence-electron chi connectivity index (χ1n) is 6.56. The van der Waals surface area contributed by atoms with Crippen molar-refractivity contribution in [3.8, 4) is 6.07 Å². The Balaban J connectivity index is 2.21. The van der Waals surface area contributed by atoms with Gasteiger partial charge in [0.2, 0.25) is 10.0 Å². The highest BCUT2D eigenvalue weighted by Gasteiger charge is 2.46. The molecule has 1 heterocycles. The molecular weight excluding hydrogens is 276 g/mol. The molecule has 1 aromatic rings. The van der Waals surface area contributed by atoms with Crippen molar-refractivity contribution < 1.29 is 13.5 Å². The summed E-state index contributed by atoms with van der Waals surface area (Å²) in [5.41, 5.74) is 0.219. The molecule has 0 spiro atoms. The molecule has 20 heavy (non-hydrogen) atoms. The minimum atomic E-state index is -3.58. The second-order valence-electron chi connectivity index (χ2n) is 5.34. The van der Waals surface area contributed by atoms with Crippen molar-refractivity contribution >= 4 is 10.0 Å². The molecule has 1 aliphatic rings. The Morgan fingerprint density at radius 3 is 2.60 bits per heavy atom. The zero-order valence-corrected chi connectivity index (χ0v) is 12.4. The highest BCUT2D eigenvalue weighted by atomic mass is 32.2. The van der Waals surface area contributed by atoms with Crippen LogP contribution in [-0.4, -0.2) is 36.5 Å². The molecule has 0 amide bonds. The van der Waals surface area contributed by atoms with Crippen molar-refractivity contribution in [2.45, 2.75) is 37.2 Å². The Bertz CT molecular complexity index is 655. The van der Waals surface area contributed by atoms with E-state index in [1.807, 2.05) is 13.0 Å². The molecule has 0 bridgehead atoms. The van der Waals surface area contributed by atoms with Crippen molar-refractivity contribution in [3.63, 3.8) is 0 Å². The van der Waals surface area contributed by atoms with E-state index in [4.69, 9.17) is 5.26 Å². The number of nitrogens with zero attached hydrogens (tertiary/aromatic N) is 2. The molecule has 0 saturated carbocycles. The summed E-state index contributed by atoms with van der Waals surface area (Å²) in [7, 11) is -3.58. The normalized spacial score (nSPS) is 18.3. The molecule has 0 atom stereocenters. The number of aryl methyl sites for hydroxylation is 1. The van der Waals surface area contributed by atoms with Crippen molar-refractivity contribution in [1.29, 1.82) is 5.26 Å². The summed E-state index contributed by atoms with van der Waals surface area (Å²) < 4.78 is 26.1. The van der Waals surface area contributed by atoms with Gasteiger partial charge in [-0.15, -0.1) is 0 Å². The molecule has 1 aliphatic heterocycles. The van der Waals surface area contributed by atoms with Gasteiger partial charge in [0, 0.05) is 13.1 Å². The molecule has 0 aliphatic carbocycles. The summed E-state index contributed by atoms with van der Waals surface area (Å²) in [5, 5.41) is 18.9. The molecule has 0 unspecified atom stereocenters. The summed E-state index contributed by atoms with van der Waals surface area (Å²) in [5.74, 6) is 0. The van der Waals surface area contributed by atoms with Crippen LogP contribution in [0, 0.1) is 18.3 Å². The smallest absolute Gasteiger partial charge is 0.243 e.